The van der Waals surface area contributed by atoms with Gasteiger partial charge < -0.3 is 19.7 Å². The summed E-state index contributed by atoms with van der Waals surface area (Å²) in [5.41, 5.74) is 1.62. The zero-order valence-electron chi connectivity index (χ0n) is 20.9. The largest absolute Gasteiger partial charge is 0.507 e. The number of carboxylic acid groups (broad SMARTS) is 1. The van der Waals surface area contributed by atoms with Crippen molar-refractivity contribution in [1.82, 2.24) is 0 Å². The first kappa shape index (κ1) is 27.7. The molecule has 3 rings (SSSR count). The van der Waals surface area contributed by atoms with Crippen molar-refractivity contribution in [3.63, 3.8) is 0 Å². The summed E-state index contributed by atoms with van der Waals surface area (Å²) >= 11 is 0. The Hall–Kier alpha value is -3.85. The Labute approximate surface area is 216 Å². The first-order chi connectivity index (χ1) is 17.4. The van der Waals surface area contributed by atoms with Crippen LogP contribution in [0.25, 0.3) is 0 Å². The molecule has 0 unspecified atom stereocenters. The first-order valence-corrected chi connectivity index (χ1v) is 13.6. The molecule has 0 heterocycles. The van der Waals surface area contributed by atoms with Crippen LogP contribution in [0.15, 0.2) is 65.6 Å². The molecular weight excluding hydrogens is 496 g/mol. The lowest BCUT2D eigenvalue weighted by Gasteiger charge is -2.14. The molecule has 0 atom stereocenters. The van der Waals surface area contributed by atoms with E-state index in [4.69, 9.17) is 14.6 Å². The minimum absolute atomic E-state index is 0.0979. The second kappa shape index (κ2) is 11.9. The van der Waals surface area contributed by atoms with E-state index in [0.717, 1.165) is 11.8 Å². The number of benzene rings is 3. The number of rotatable bonds is 12. The maximum Gasteiger partial charge on any atom is 0.303 e. The third-order valence-electron chi connectivity index (χ3n) is 5.47. The fraction of sp³-hybridized carbons (Fsp3) is 0.286. The van der Waals surface area contributed by atoms with E-state index in [0.29, 0.717) is 29.6 Å². The number of carbonyl (C=O) groups is 2. The average Bonchev–Trinajstić information content (AvgIpc) is 2.84. The van der Waals surface area contributed by atoms with Crippen LogP contribution in [0.3, 0.4) is 0 Å². The molecule has 0 aliphatic heterocycles. The second-order valence-corrected chi connectivity index (χ2v) is 11.1. The summed E-state index contributed by atoms with van der Waals surface area (Å²) in [7, 11) is -3.31. The SMILES string of the molecule is CC(C)COc1ccc(C(=O)c2ccc(OCc3ccc(S(C)(=O)=O)cc3)c(CCC(=O)O)c2)c(O)c1. The molecule has 37 heavy (non-hydrogen) atoms. The Morgan fingerprint density at radius 3 is 2.24 bits per heavy atom. The number of hydrogen-bond acceptors (Lipinski definition) is 7. The van der Waals surface area contributed by atoms with Gasteiger partial charge in [0.2, 0.25) is 0 Å². The van der Waals surface area contributed by atoms with Crippen LogP contribution in [0, 0.1) is 5.92 Å². The van der Waals surface area contributed by atoms with Crippen LogP contribution in [0.2, 0.25) is 0 Å². The number of carbonyl (C=O) groups excluding carboxylic acids is 1. The van der Waals surface area contributed by atoms with Crippen molar-refractivity contribution in [2.45, 2.75) is 38.2 Å². The van der Waals surface area contributed by atoms with Gasteiger partial charge in [-0.05, 0) is 65.9 Å². The summed E-state index contributed by atoms with van der Waals surface area (Å²) in [5, 5.41) is 19.6. The molecule has 0 aliphatic rings. The van der Waals surface area contributed by atoms with Crippen molar-refractivity contribution in [3.05, 3.63) is 82.9 Å². The highest BCUT2D eigenvalue weighted by atomic mass is 32.2. The predicted molar refractivity (Wildman–Crippen MR) is 138 cm³/mol. The van der Waals surface area contributed by atoms with E-state index in [1.165, 1.54) is 24.3 Å². The summed E-state index contributed by atoms with van der Waals surface area (Å²) in [4.78, 5) is 24.5. The van der Waals surface area contributed by atoms with Gasteiger partial charge in [-0.2, -0.15) is 0 Å². The van der Waals surface area contributed by atoms with Crippen LogP contribution in [-0.2, 0) is 27.7 Å². The maximum atomic E-state index is 13.1. The van der Waals surface area contributed by atoms with Crippen molar-refractivity contribution >= 4 is 21.6 Å². The summed E-state index contributed by atoms with van der Waals surface area (Å²) in [5.74, 6) is -0.456. The molecule has 3 aromatic carbocycles. The number of ether oxygens (including phenoxy) is 2. The van der Waals surface area contributed by atoms with Gasteiger partial charge >= 0.3 is 5.97 Å². The minimum atomic E-state index is -3.31. The molecule has 0 fully saturated rings. The highest BCUT2D eigenvalue weighted by molar-refractivity contribution is 7.90. The maximum absolute atomic E-state index is 13.1. The molecule has 9 heteroatoms. The van der Waals surface area contributed by atoms with Gasteiger partial charge in [0.15, 0.2) is 15.6 Å². The molecule has 3 aromatic rings. The quantitative estimate of drug-likeness (QED) is 0.326. The number of aryl methyl sites for hydroxylation is 1. The van der Waals surface area contributed by atoms with Crippen LogP contribution in [-0.4, -0.2) is 43.2 Å². The van der Waals surface area contributed by atoms with E-state index in [2.05, 4.69) is 0 Å². The summed E-state index contributed by atoms with van der Waals surface area (Å²) in [6, 6.07) is 15.5. The fourth-order valence-corrected chi connectivity index (χ4v) is 4.13. The molecule has 0 bridgehead atoms. The fourth-order valence-electron chi connectivity index (χ4n) is 3.50. The van der Waals surface area contributed by atoms with Gasteiger partial charge in [0.25, 0.3) is 0 Å². The Morgan fingerprint density at radius 2 is 1.65 bits per heavy atom. The first-order valence-electron chi connectivity index (χ1n) is 11.7. The van der Waals surface area contributed by atoms with Crippen LogP contribution < -0.4 is 9.47 Å². The summed E-state index contributed by atoms with van der Waals surface area (Å²) in [6.07, 6.45) is 1.10. The topological polar surface area (TPSA) is 127 Å². The summed E-state index contributed by atoms with van der Waals surface area (Å²) in [6.45, 7) is 4.60. The highest BCUT2D eigenvalue weighted by Crippen LogP contribution is 2.29. The van der Waals surface area contributed by atoms with E-state index >= 15 is 0 Å². The number of sulfone groups is 1. The smallest absolute Gasteiger partial charge is 0.303 e. The van der Waals surface area contributed by atoms with Gasteiger partial charge in [0.1, 0.15) is 23.9 Å². The van der Waals surface area contributed by atoms with Gasteiger partial charge in [-0.25, -0.2) is 8.42 Å². The van der Waals surface area contributed by atoms with Crippen molar-refractivity contribution in [2.24, 2.45) is 5.92 Å². The van der Waals surface area contributed by atoms with E-state index in [-0.39, 0.29) is 41.2 Å². The molecule has 196 valence electrons. The van der Waals surface area contributed by atoms with E-state index in [9.17, 15) is 23.1 Å². The molecule has 0 saturated carbocycles. The predicted octanol–water partition coefficient (Wildman–Crippen LogP) is 4.66. The molecule has 0 radical (unpaired) electrons. The van der Waals surface area contributed by atoms with Gasteiger partial charge in [-0.3, -0.25) is 9.59 Å². The third-order valence-corrected chi connectivity index (χ3v) is 6.60. The van der Waals surface area contributed by atoms with E-state index in [1.54, 1.807) is 36.4 Å². The molecule has 0 aromatic heterocycles. The molecule has 0 amide bonds. The Bertz CT molecular complexity index is 1380. The van der Waals surface area contributed by atoms with E-state index in [1.807, 2.05) is 13.8 Å². The highest BCUT2D eigenvalue weighted by Gasteiger charge is 2.18. The van der Waals surface area contributed by atoms with Gasteiger partial charge in [-0.1, -0.05) is 26.0 Å². The van der Waals surface area contributed by atoms with Gasteiger partial charge in [-0.15, -0.1) is 0 Å². The molecule has 0 saturated heterocycles. The Morgan fingerprint density at radius 1 is 0.946 bits per heavy atom. The zero-order chi connectivity index (χ0) is 27.2. The number of hydrogen-bond donors (Lipinski definition) is 2. The standard InChI is InChI=1S/C28H30O8S/c1-18(2)16-35-22-8-11-24(25(29)15-22)28(32)21-6-12-26(20(14-21)7-13-27(30)31)36-17-19-4-9-23(10-5-19)37(3,33)34/h4-6,8-12,14-15,18,29H,7,13,16-17H2,1-3H3,(H,30,31). The third kappa shape index (κ3) is 7.82. The van der Waals surface area contributed by atoms with Gasteiger partial charge in [0, 0.05) is 24.3 Å². The van der Waals surface area contributed by atoms with E-state index < -0.39 is 21.6 Å². The van der Waals surface area contributed by atoms with Crippen molar-refractivity contribution in [3.8, 4) is 17.2 Å². The number of phenols is 1. The minimum Gasteiger partial charge on any atom is -0.507 e. The van der Waals surface area contributed by atoms with Crippen LogP contribution in [0.1, 0.15) is 47.3 Å². The van der Waals surface area contributed by atoms with Crippen molar-refractivity contribution in [2.75, 3.05) is 12.9 Å². The lowest BCUT2D eigenvalue weighted by atomic mass is 9.98. The van der Waals surface area contributed by atoms with Crippen LogP contribution in [0.4, 0.5) is 0 Å². The lowest BCUT2D eigenvalue weighted by molar-refractivity contribution is -0.136. The molecule has 8 nitrogen and oxygen atoms in total. The second-order valence-electron chi connectivity index (χ2n) is 9.13. The van der Waals surface area contributed by atoms with Crippen LogP contribution >= 0.6 is 0 Å². The zero-order valence-corrected chi connectivity index (χ0v) is 21.7. The Balaban J connectivity index is 1.81. The Kier molecular flexibility index (Phi) is 8.94. The van der Waals surface area contributed by atoms with Gasteiger partial charge in [0.05, 0.1) is 17.1 Å². The van der Waals surface area contributed by atoms with Crippen molar-refractivity contribution < 1.29 is 37.7 Å². The molecule has 0 spiro atoms. The molecular formula is C28H30O8S. The molecule has 2 N–H and O–H groups in total. The number of phenolic OH excluding ortho intramolecular Hbond substituents is 1. The average molecular weight is 527 g/mol. The van der Waals surface area contributed by atoms with Crippen LogP contribution in [0.5, 0.6) is 17.2 Å². The summed E-state index contributed by atoms with van der Waals surface area (Å²) < 4.78 is 34.8. The lowest BCUT2D eigenvalue weighted by Crippen LogP contribution is -2.07. The number of carboxylic acids is 1. The monoisotopic (exact) mass is 526 g/mol. The number of aliphatic carboxylic acids is 1. The number of aromatic hydroxyl groups is 1. The molecule has 0 aliphatic carbocycles. The number of ketones is 1. The normalized spacial score (nSPS) is 11.4. The van der Waals surface area contributed by atoms with Crippen molar-refractivity contribution in [1.29, 1.82) is 0 Å².